The Morgan fingerprint density at radius 3 is 1.85 bits per heavy atom. The molecule has 15 nitrogen and oxygen atoms in total. The molecule has 0 radical (unpaired) electrons. The van der Waals surface area contributed by atoms with Gasteiger partial charge in [0.1, 0.15) is 11.6 Å². The fourth-order valence-electron chi connectivity index (χ4n) is 8.67. The Hall–Kier alpha value is -8.44. The van der Waals surface area contributed by atoms with Crippen molar-refractivity contribution in [2.75, 3.05) is 57.3 Å². The quantitative estimate of drug-likeness (QED) is 0.0468. The fourth-order valence-corrected chi connectivity index (χ4v) is 8.67. The molecule has 0 bridgehead atoms. The van der Waals surface area contributed by atoms with Gasteiger partial charge in [0.2, 0.25) is 0 Å². The van der Waals surface area contributed by atoms with Gasteiger partial charge in [-0.1, -0.05) is 74.8 Å². The number of rotatable bonds is 17. The number of nitrogen functional groups attached to an aromatic ring is 2. The first-order valence-corrected chi connectivity index (χ1v) is 24.4. The van der Waals surface area contributed by atoms with Crippen LogP contribution >= 0.6 is 0 Å². The summed E-state index contributed by atoms with van der Waals surface area (Å²) >= 11 is 0. The number of nitrogens with two attached hydrogens (primary N) is 2. The van der Waals surface area contributed by atoms with Crippen molar-refractivity contribution in [3.63, 3.8) is 0 Å². The third-order valence-electron chi connectivity index (χ3n) is 12.9. The zero-order chi connectivity index (χ0) is 51.4. The van der Waals surface area contributed by atoms with Crippen LogP contribution in [0.3, 0.4) is 0 Å². The van der Waals surface area contributed by atoms with Gasteiger partial charge >= 0.3 is 0 Å². The van der Waals surface area contributed by atoms with Crippen molar-refractivity contribution in [3.8, 4) is 46.1 Å². The molecule has 0 saturated heterocycles. The van der Waals surface area contributed by atoms with E-state index in [1.807, 2.05) is 75.4 Å². The molecule has 0 fully saturated rings. The number of pyridine rings is 3. The minimum absolute atomic E-state index is 0.0578. The van der Waals surface area contributed by atoms with Crippen LogP contribution in [0.1, 0.15) is 82.4 Å². The Morgan fingerprint density at radius 1 is 0.644 bits per heavy atom. The van der Waals surface area contributed by atoms with Crippen molar-refractivity contribution in [1.82, 2.24) is 45.6 Å². The molecule has 8 aromatic rings. The first-order chi connectivity index (χ1) is 35.4. The number of hydrogen-bond donors (Lipinski definition) is 7. The minimum atomic E-state index is -0.842. The van der Waals surface area contributed by atoms with E-state index in [0.717, 1.165) is 62.7 Å². The molecule has 9 N–H and O–H groups in total. The predicted molar refractivity (Wildman–Crippen MR) is 288 cm³/mol. The van der Waals surface area contributed by atoms with Gasteiger partial charge in [-0.25, -0.2) is 9.97 Å². The van der Waals surface area contributed by atoms with Gasteiger partial charge in [-0.05, 0) is 110 Å². The summed E-state index contributed by atoms with van der Waals surface area (Å²) in [4.78, 5) is 43.8. The highest BCUT2D eigenvalue weighted by Crippen LogP contribution is 2.32. The number of aromatic nitrogens is 5. The summed E-state index contributed by atoms with van der Waals surface area (Å²) in [5.41, 5.74) is 20.8. The van der Waals surface area contributed by atoms with E-state index in [1.54, 1.807) is 73.3 Å². The lowest BCUT2D eigenvalue weighted by Crippen LogP contribution is -2.41. The Bertz CT molecular complexity index is 3350. The number of hydrogen-bond acceptors (Lipinski definition) is 12. The summed E-state index contributed by atoms with van der Waals surface area (Å²) in [6.45, 7) is 11.5. The van der Waals surface area contributed by atoms with Gasteiger partial charge in [0.15, 0.2) is 0 Å². The molecule has 0 aliphatic heterocycles. The maximum Gasteiger partial charge on any atom is 0.251 e. The molecular formula is C58H59N11O4. The van der Waals surface area contributed by atoms with Crippen LogP contribution < -0.4 is 22.1 Å². The van der Waals surface area contributed by atoms with Gasteiger partial charge in [0.25, 0.3) is 11.8 Å². The molecule has 3 atom stereocenters. The number of carbonyl (C=O) groups excluding carboxylic acids is 2. The molecule has 15 heteroatoms. The standard InChI is InChI=1S/C58H59N11O4/c1-5-68(6-2)35-45(70)32-64-57(72)40-17-11-38(12-18-40)15-22-50-47-24-21-42(29-44(47)31-62-55(50)59)43-25-27-61-54(30-43)37(4)69(7-3)36-46(71)33-65-58(73)41-19-13-39(14-20-41)16-23-51-48-9-8-10-49(53-26-28-66-67-53)52(48)34-63-56(51)60/h8-14,17-21,24-31,34,37,45-46,70-71H,5-7,32-33,35-36H2,1-4H3,(H2,59,62)(H2,60,63)(H,64,72)(H,65,73)(H,66,67). The maximum absolute atomic E-state index is 13.2. The molecule has 4 aromatic heterocycles. The Balaban J connectivity index is 0.863. The summed E-state index contributed by atoms with van der Waals surface area (Å²) in [5, 5.41) is 37.7. The van der Waals surface area contributed by atoms with Gasteiger partial charge < -0.3 is 37.2 Å². The van der Waals surface area contributed by atoms with Crippen LogP contribution in [-0.4, -0.2) is 115 Å². The fraction of sp³-hybridized carbons (Fsp3) is 0.241. The monoisotopic (exact) mass is 973 g/mol. The first-order valence-electron chi connectivity index (χ1n) is 24.4. The van der Waals surface area contributed by atoms with E-state index in [-0.39, 0.29) is 30.9 Å². The molecule has 8 rings (SSSR count). The summed E-state index contributed by atoms with van der Waals surface area (Å²) < 4.78 is 0. The zero-order valence-corrected chi connectivity index (χ0v) is 41.4. The lowest BCUT2D eigenvalue weighted by Gasteiger charge is -2.29. The number of carbonyl (C=O) groups is 2. The lowest BCUT2D eigenvalue weighted by atomic mass is 9.99. The molecule has 370 valence electrons. The van der Waals surface area contributed by atoms with Crippen LogP contribution in [0.25, 0.3) is 43.9 Å². The number of amides is 2. The SMILES string of the molecule is CCN(CC)CC(O)CNC(=O)c1ccc(C#Cc2c(N)ncc3cc(-c4ccnc(C(C)N(CC)CC(O)CNC(=O)c5ccc(C#Cc6c(N)ncc7c(-c8ccn[nH]8)cccc67)cc5)c4)ccc23)cc1. The number of H-pyrrole nitrogens is 1. The van der Waals surface area contributed by atoms with Crippen molar-refractivity contribution >= 4 is 45.0 Å². The minimum Gasteiger partial charge on any atom is -0.390 e. The van der Waals surface area contributed by atoms with Crippen LogP contribution in [0.4, 0.5) is 11.6 Å². The Kier molecular flexibility index (Phi) is 16.5. The maximum atomic E-state index is 13.2. The summed E-state index contributed by atoms with van der Waals surface area (Å²) in [6.07, 6.45) is 5.46. The number of nitrogens with zero attached hydrogens (tertiary/aromatic N) is 6. The van der Waals surface area contributed by atoms with E-state index in [4.69, 9.17) is 16.5 Å². The van der Waals surface area contributed by atoms with Gasteiger partial charge in [0.05, 0.1) is 34.7 Å². The molecule has 4 heterocycles. The van der Waals surface area contributed by atoms with Crippen LogP contribution in [-0.2, 0) is 0 Å². The number of aromatic amines is 1. The number of aliphatic hydroxyl groups excluding tert-OH is 2. The molecule has 0 aliphatic rings. The van der Waals surface area contributed by atoms with E-state index in [1.165, 1.54) is 0 Å². The average molecular weight is 974 g/mol. The van der Waals surface area contributed by atoms with Crippen molar-refractivity contribution in [1.29, 1.82) is 0 Å². The smallest absolute Gasteiger partial charge is 0.251 e. The molecule has 2 amide bonds. The van der Waals surface area contributed by atoms with Crippen molar-refractivity contribution in [2.24, 2.45) is 0 Å². The van der Waals surface area contributed by atoms with Gasteiger partial charge in [-0.15, -0.1) is 0 Å². The topological polar surface area (TPSA) is 225 Å². The van der Waals surface area contributed by atoms with Crippen LogP contribution in [0.5, 0.6) is 0 Å². The molecule has 3 unspecified atom stereocenters. The number of nitrogens with one attached hydrogen (secondary N) is 3. The largest absolute Gasteiger partial charge is 0.390 e. The highest BCUT2D eigenvalue weighted by atomic mass is 16.3. The van der Waals surface area contributed by atoms with Gasteiger partial charge in [-0.3, -0.25) is 24.6 Å². The molecule has 4 aromatic carbocycles. The number of fused-ring (bicyclic) bond motifs is 2. The first kappa shape index (κ1) is 50.9. The molecule has 0 spiro atoms. The predicted octanol–water partition coefficient (Wildman–Crippen LogP) is 6.81. The number of aliphatic hydroxyl groups is 2. The molecule has 0 saturated carbocycles. The molecule has 73 heavy (non-hydrogen) atoms. The zero-order valence-electron chi connectivity index (χ0n) is 41.4. The van der Waals surface area contributed by atoms with Crippen LogP contribution in [0.15, 0.2) is 128 Å². The molecular weight excluding hydrogens is 915 g/mol. The highest BCUT2D eigenvalue weighted by Gasteiger charge is 2.21. The second-order valence-corrected chi connectivity index (χ2v) is 17.7. The van der Waals surface area contributed by atoms with Crippen molar-refractivity contribution in [3.05, 3.63) is 167 Å². The summed E-state index contributed by atoms with van der Waals surface area (Å²) in [7, 11) is 0. The van der Waals surface area contributed by atoms with Gasteiger partial charge in [0, 0.05) is 106 Å². The third kappa shape index (κ3) is 12.4. The summed E-state index contributed by atoms with van der Waals surface area (Å²) in [5.74, 6) is 12.8. The van der Waals surface area contributed by atoms with Crippen LogP contribution in [0, 0.1) is 23.7 Å². The van der Waals surface area contributed by atoms with Crippen molar-refractivity contribution < 1.29 is 19.8 Å². The van der Waals surface area contributed by atoms with E-state index in [0.29, 0.717) is 64.7 Å². The van der Waals surface area contributed by atoms with Crippen LogP contribution in [0.2, 0.25) is 0 Å². The van der Waals surface area contributed by atoms with E-state index in [9.17, 15) is 19.8 Å². The highest BCUT2D eigenvalue weighted by molar-refractivity contribution is 6.00. The number of anilines is 2. The lowest BCUT2D eigenvalue weighted by molar-refractivity contribution is 0.0800. The summed E-state index contributed by atoms with van der Waals surface area (Å²) in [6, 6.07) is 31.7. The average Bonchev–Trinajstić information content (AvgIpc) is 3.97. The Morgan fingerprint density at radius 2 is 1.25 bits per heavy atom. The number of likely N-dealkylation sites (N-methyl/N-ethyl adjacent to an activating group) is 2. The normalized spacial score (nSPS) is 12.4. The van der Waals surface area contributed by atoms with Gasteiger partial charge in [-0.2, -0.15) is 5.10 Å². The third-order valence-corrected chi connectivity index (χ3v) is 12.9. The second-order valence-electron chi connectivity index (χ2n) is 17.7. The van der Waals surface area contributed by atoms with E-state index < -0.39 is 12.2 Å². The second kappa shape index (κ2) is 23.6. The van der Waals surface area contributed by atoms with E-state index in [2.05, 4.69) is 71.2 Å². The Labute approximate surface area is 425 Å². The number of benzene rings is 4. The van der Waals surface area contributed by atoms with E-state index >= 15 is 0 Å². The molecule has 0 aliphatic carbocycles. The van der Waals surface area contributed by atoms with Crippen molar-refractivity contribution in [2.45, 2.75) is 45.9 Å².